The summed E-state index contributed by atoms with van der Waals surface area (Å²) in [4.78, 5) is 16.8. The minimum Gasteiger partial charge on any atom is -0.369 e. The predicted octanol–water partition coefficient (Wildman–Crippen LogP) is 1.65. The molecular weight excluding hydrogens is 198 g/mol. The second-order valence-corrected chi connectivity index (χ2v) is 3.86. The molecule has 0 unspecified atom stereocenters. The van der Waals surface area contributed by atoms with Crippen LogP contribution < -0.4 is 0 Å². The zero-order valence-corrected chi connectivity index (χ0v) is 8.71. The van der Waals surface area contributed by atoms with Gasteiger partial charge in [0.15, 0.2) is 6.29 Å². The lowest BCUT2D eigenvalue weighted by molar-refractivity contribution is 0.112. The molecule has 4 nitrogen and oxygen atoms in total. The number of nitrogens with zero attached hydrogens (tertiary/aromatic N) is 3. The summed E-state index contributed by atoms with van der Waals surface area (Å²) in [6.07, 6.45) is 2.31. The SMILES string of the molecule is CN(C)/C=N\c1cc(C#N)c(C=O)s1. The molecule has 0 N–H and O–H groups in total. The van der Waals surface area contributed by atoms with Crippen LogP contribution in [-0.2, 0) is 0 Å². The van der Waals surface area contributed by atoms with Gasteiger partial charge in [0.2, 0.25) is 0 Å². The summed E-state index contributed by atoms with van der Waals surface area (Å²) >= 11 is 1.21. The Morgan fingerprint density at radius 1 is 1.64 bits per heavy atom. The molecule has 14 heavy (non-hydrogen) atoms. The average Bonchev–Trinajstić information content (AvgIpc) is 2.57. The number of nitriles is 1. The van der Waals surface area contributed by atoms with Gasteiger partial charge >= 0.3 is 0 Å². The maximum atomic E-state index is 10.5. The normalized spacial score (nSPS) is 10.1. The van der Waals surface area contributed by atoms with E-state index in [4.69, 9.17) is 5.26 Å². The Balaban J connectivity index is 2.97. The van der Waals surface area contributed by atoms with Crippen molar-refractivity contribution in [2.45, 2.75) is 0 Å². The minimum atomic E-state index is 0.385. The third-order valence-corrected chi connectivity index (χ3v) is 2.36. The van der Waals surface area contributed by atoms with E-state index in [0.29, 0.717) is 21.7 Å². The quantitative estimate of drug-likeness (QED) is 0.430. The number of carbonyl (C=O) groups excluding carboxylic acids is 1. The topological polar surface area (TPSA) is 56.5 Å². The lowest BCUT2D eigenvalue weighted by atomic mass is 10.3. The molecule has 5 heteroatoms. The van der Waals surface area contributed by atoms with Gasteiger partial charge in [-0.3, -0.25) is 4.79 Å². The Morgan fingerprint density at radius 3 is 2.79 bits per heavy atom. The maximum Gasteiger partial charge on any atom is 0.161 e. The average molecular weight is 207 g/mol. The fraction of sp³-hybridized carbons (Fsp3) is 0.222. The van der Waals surface area contributed by atoms with Crippen LogP contribution in [0.5, 0.6) is 0 Å². The van der Waals surface area contributed by atoms with E-state index in [-0.39, 0.29) is 0 Å². The zero-order chi connectivity index (χ0) is 10.6. The molecule has 1 aromatic rings. The van der Waals surface area contributed by atoms with E-state index >= 15 is 0 Å². The highest BCUT2D eigenvalue weighted by Crippen LogP contribution is 2.27. The van der Waals surface area contributed by atoms with Crippen molar-refractivity contribution in [1.82, 2.24) is 4.90 Å². The fourth-order valence-corrected chi connectivity index (χ4v) is 1.57. The van der Waals surface area contributed by atoms with E-state index in [2.05, 4.69) is 4.99 Å². The smallest absolute Gasteiger partial charge is 0.161 e. The molecule has 0 aliphatic rings. The summed E-state index contributed by atoms with van der Waals surface area (Å²) in [6.45, 7) is 0. The Kier molecular flexibility index (Phi) is 3.37. The van der Waals surface area contributed by atoms with Crippen molar-refractivity contribution in [2.24, 2.45) is 4.99 Å². The first-order chi connectivity index (χ1) is 6.67. The van der Waals surface area contributed by atoms with Gasteiger partial charge in [0.05, 0.1) is 16.8 Å². The van der Waals surface area contributed by atoms with Gasteiger partial charge in [-0.1, -0.05) is 0 Å². The minimum absolute atomic E-state index is 0.385. The van der Waals surface area contributed by atoms with E-state index in [1.165, 1.54) is 11.3 Å². The highest BCUT2D eigenvalue weighted by atomic mass is 32.1. The van der Waals surface area contributed by atoms with Crippen LogP contribution in [0.3, 0.4) is 0 Å². The van der Waals surface area contributed by atoms with Crippen LogP contribution in [0.25, 0.3) is 0 Å². The highest BCUT2D eigenvalue weighted by molar-refractivity contribution is 7.17. The van der Waals surface area contributed by atoms with Crippen LogP contribution in [0.2, 0.25) is 0 Å². The van der Waals surface area contributed by atoms with Gasteiger partial charge in [0, 0.05) is 14.1 Å². The fourth-order valence-electron chi connectivity index (χ4n) is 0.803. The first kappa shape index (κ1) is 10.4. The molecule has 1 aromatic heterocycles. The van der Waals surface area contributed by atoms with Crippen molar-refractivity contribution in [2.75, 3.05) is 14.1 Å². The summed E-state index contributed by atoms with van der Waals surface area (Å²) in [5, 5.41) is 9.34. The molecule has 0 bridgehead atoms. The van der Waals surface area contributed by atoms with Crippen LogP contribution in [0.4, 0.5) is 5.00 Å². The van der Waals surface area contributed by atoms with Gasteiger partial charge in [-0.25, -0.2) is 4.99 Å². The second kappa shape index (κ2) is 4.53. The first-order valence-corrected chi connectivity index (χ1v) is 4.68. The Hall–Kier alpha value is -1.67. The number of thiophene rings is 1. The first-order valence-electron chi connectivity index (χ1n) is 3.87. The monoisotopic (exact) mass is 207 g/mol. The molecular formula is C9H9N3OS. The molecule has 72 valence electrons. The summed E-state index contributed by atoms with van der Waals surface area (Å²) in [5.41, 5.74) is 0.385. The molecule has 0 atom stereocenters. The molecule has 0 amide bonds. The second-order valence-electron chi connectivity index (χ2n) is 2.80. The molecule has 0 aliphatic heterocycles. The number of rotatable bonds is 3. The van der Waals surface area contributed by atoms with Gasteiger partial charge in [0.1, 0.15) is 11.1 Å². The number of carbonyl (C=O) groups is 1. The van der Waals surface area contributed by atoms with Crippen molar-refractivity contribution in [1.29, 1.82) is 5.26 Å². The number of aliphatic imine (C=N–C) groups is 1. The summed E-state index contributed by atoms with van der Waals surface area (Å²) in [6, 6.07) is 3.55. The molecule has 0 aliphatic carbocycles. The van der Waals surface area contributed by atoms with Crippen molar-refractivity contribution < 1.29 is 4.79 Å². The molecule has 1 rings (SSSR count). The predicted molar refractivity (Wildman–Crippen MR) is 56.3 cm³/mol. The van der Waals surface area contributed by atoms with Crippen LogP contribution in [0, 0.1) is 11.3 Å². The third-order valence-electron chi connectivity index (χ3n) is 1.39. The van der Waals surface area contributed by atoms with Crippen LogP contribution >= 0.6 is 11.3 Å². The number of aldehydes is 1. The van der Waals surface area contributed by atoms with Crippen LogP contribution in [-0.4, -0.2) is 31.6 Å². The standard InChI is InChI=1S/C9H9N3OS/c1-12(2)6-11-9-3-7(4-10)8(5-13)14-9/h3,5-6H,1-2H3/b11-6-. The third kappa shape index (κ3) is 2.41. The summed E-state index contributed by atoms with van der Waals surface area (Å²) < 4.78 is 0. The number of hydrogen-bond acceptors (Lipinski definition) is 4. The van der Waals surface area contributed by atoms with Gasteiger partial charge in [-0.15, -0.1) is 11.3 Å². The van der Waals surface area contributed by atoms with E-state index < -0.39 is 0 Å². The number of hydrogen-bond donors (Lipinski definition) is 0. The Labute approximate surface area is 86.1 Å². The van der Waals surface area contributed by atoms with Crippen molar-refractivity contribution in [3.8, 4) is 6.07 Å². The van der Waals surface area contributed by atoms with E-state index in [1.54, 1.807) is 17.3 Å². The molecule has 0 radical (unpaired) electrons. The molecule has 0 spiro atoms. The van der Waals surface area contributed by atoms with E-state index in [9.17, 15) is 4.79 Å². The van der Waals surface area contributed by atoms with Gasteiger partial charge in [-0.05, 0) is 6.07 Å². The molecule has 1 heterocycles. The van der Waals surface area contributed by atoms with Gasteiger partial charge < -0.3 is 4.90 Å². The lowest BCUT2D eigenvalue weighted by Crippen LogP contribution is -2.06. The van der Waals surface area contributed by atoms with Crippen molar-refractivity contribution >= 4 is 29.0 Å². The summed E-state index contributed by atoms with van der Waals surface area (Å²) in [7, 11) is 3.70. The Bertz CT molecular complexity index is 401. The molecule has 0 aromatic carbocycles. The maximum absolute atomic E-state index is 10.5. The zero-order valence-electron chi connectivity index (χ0n) is 7.89. The van der Waals surface area contributed by atoms with Gasteiger partial charge in [-0.2, -0.15) is 5.26 Å². The summed E-state index contributed by atoms with van der Waals surface area (Å²) in [5.74, 6) is 0. The highest BCUT2D eigenvalue weighted by Gasteiger charge is 2.06. The van der Waals surface area contributed by atoms with Crippen molar-refractivity contribution in [3.05, 3.63) is 16.5 Å². The largest absolute Gasteiger partial charge is 0.369 e. The molecule has 0 saturated carbocycles. The molecule has 0 saturated heterocycles. The Morgan fingerprint density at radius 2 is 2.36 bits per heavy atom. The van der Waals surface area contributed by atoms with E-state index in [0.717, 1.165) is 0 Å². The van der Waals surface area contributed by atoms with Crippen LogP contribution in [0.15, 0.2) is 11.1 Å². The molecule has 0 fully saturated rings. The van der Waals surface area contributed by atoms with E-state index in [1.807, 2.05) is 20.2 Å². The van der Waals surface area contributed by atoms with Gasteiger partial charge in [0.25, 0.3) is 0 Å². The lowest BCUT2D eigenvalue weighted by Gasteiger charge is -2.00. The van der Waals surface area contributed by atoms with Crippen LogP contribution in [0.1, 0.15) is 15.2 Å². The van der Waals surface area contributed by atoms with Crippen molar-refractivity contribution in [3.63, 3.8) is 0 Å².